The third-order valence-corrected chi connectivity index (χ3v) is 5.58. The van der Waals surface area contributed by atoms with Crippen molar-refractivity contribution in [2.45, 2.75) is 30.6 Å². The van der Waals surface area contributed by atoms with Gasteiger partial charge in [-0.25, -0.2) is 4.98 Å². The van der Waals surface area contributed by atoms with Gasteiger partial charge in [0.25, 0.3) is 5.56 Å². The van der Waals surface area contributed by atoms with E-state index in [2.05, 4.69) is 10.3 Å². The van der Waals surface area contributed by atoms with Gasteiger partial charge in [0.1, 0.15) is 5.75 Å². The second-order valence-corrected chi connectivity index (χ2v) is 7.72. The van der Waals surface area contributed by atoms with E-state index in [0.29, 0.717) is 28.6 Å². The molecule has 0 saturated heterocycles. The summed E-state index contributed by atoms with van der Waals surface area (Å²) in [5.41, 5.74) is 1.50. The van der Waals surface area contributed by atoms with Crippen LogP contribution in [0.4, 0.5) is 0 Å². The number of hydrogen-bond acceptors (Lipinski definition) is 5. The molecule has 1 aromatic heterocycles. The molecule has 4 rings (SSSR count). The van der Waals surface area contributed by atoms with Crippen molar-refractivity contribution in [3.8, 4) is 5.75 Å². The van der Waals surface area contributed by atoms with Crippen LogP contribution in [0.2, 0.25) is 0 Å². The summed E-state index contributed by atoms with van der Waals surface area (Å²) in [5.74, 6) is 0.981. The van der Waals surface area contributed by atoms with E-state index >= 15 is 0 Å². The standard InChI is InChI=1S/C21H21N3O3S/c1-27-16-10-6-14(7-11-16)12-24-20(26)17-4-2-3-5-18(17)23-21(24)28-13-19(25)22-15-8-9-15/h2-7,10-11,15H,8-9,12-13H2,1H3,(H,22,25). The van der Waals surface area contributed by atoms with Gasteiger partial charge in [0.15, 0.2) is 5.16 Å². The molecule has 0 radical (unpaired) electrons. The van der Waals surface area contributed by atoms with Gasteiger partial charge in [-0.3, -0.25) is 14.2 Å². The number of aromatic nitrogens is 2. The van der Waals surface area contributed by atoms with E-state index in [0.717, 1.165) is 24.2 Å². The molecule has 3 aromatic rings. The summed E-state index contributed by atoms with van der Waals surface area (Å²) in [6.45, 7) is 0.382. The van der Waals surface area contributed by atoms with Crippen LogP contribution in [0.25, 0.3) is 10.9 Å². The van der Waals surface area contributed by atoms with E-state index in [4.69, 9.17) is 4.74 Å². The monoisotopic (exact) mass is 395 g/mol. The lowest BCUT2D eigenvalue weighted by atomic mass is 10.2. The van der Waals surface area contributed by atoms with E-state index in [-0.39, 0.29) is 17.2 Å². The number of thioether (sulfide) groups is 1. The molecule has 1 saturated carbocycles. The highest BCUT2D eigenvalue weighted by Gasteiger charge is 2.23. The molecule has 0 unspecified atom stereocenters. The summed E-state index contributed by atoms with van der Waals surface area (Å²) in [6.07, 6.45) is 2.10. The first-order valence-electron chi connectivity index (χ1n) is 9.19. The van der Waals surface area contributed by atoms with Crippen molar-refractivity contribution in [2.24, 2.45) is 0 Å². The third kappa shape index (κ3) is 4.20. The van der Waals surface area contributed by atoms with Crippen molar-refractivity contribution in [3.05, 3.63) is 64.4 Å². The lowest BCUT2D eigenvalue weighted by molar-refractivity contribution is -0.118. The Labute approximate surface area is 166 Å². The minimum atomic E-state index is -0.105. The molecule has 7 heteroatoms. The highest BCUT2D eigenvalue weighted by atomic mass is 32.2. The molecule has 1 amide bonds. The zero-order chi connectivity index (χ0) is 19.5. The second-order valence-electron chi connectivity index (χ2n) is 6.78. The lowest BCUT2D eigenvalue weighted by Crippen LogP contribution is -2.28. The molecule has 0 spiro atoms. The maximum Gasteiger partial charge on any atom is 0.262 e. The highest BCUT2D eigenvalue weighted by molar-refractivity contribution is 7.99. The van der Waals surface area contributed by atoms with Gasteiger partial charge in [-0.1, -0.05) is 36.0 Å². The summed E-state index contributed by atoms with van der Waals surface area (Å²) in [4.78, 5) is 29.8. The van der Waals surface area contributed by atoms with Crippen LogP contribution in [-0.4, -0.2) is 34.4 Å². The quantitative estimate of drug-likeness (QED) is 0.492. The first-order chi connectivity index (χ1) is 13.6. The maximum absolute atomic E-state index is 13.1. The van der Waals surface area contributed by atoms with Crippen LogP contribution in [-0.2, 0) is 11.3 Å². The number of para-hydroxylation sites is 1. The van der Waals surface area contributed by atoms with Crippen molar-refractivity contribution in [2.75, 3.05) is 12.9 Å². The summed E-state index contributed by atoms with van der Waals surface area (Å²) >= 11 is 1.30. The lowest BCUT2D eigenvalue weighted by Gasteiger charge is -2.13. The molecule has 0 bridgehead atoms. The average molecular weight is 395 g/mol. The number of nitrogens with zero attached hydrogens (tertiary/aromatic N) is 2. The molecule has 1 fully saturated rings. The molecule has 1 heterocycles. The van der Waals surface area contributed by atoms with Gasteiger partial charge in [0.05, 0.1) is 30.3 Å². The van der Waals surface area contributed by atoms with Gasteiger partial charge >= 0.3 is 0 Å². The number of hydrogen-bond donors (Lipinski definition) is 1. The van der Waals surface area contributed by atoms with Crippen LogP contribution < -0.4 is 15.6 Å². The summed E-state index contributed by atoms with van der Waals surface area (Å²) < 4.78 is 6.83. The van der Waals surface area contributed by atoms with Crippen LogP contribution in [0, 0.1) is 0 Å². The Morgan fingerprint density at radius 2 is 1.96 bits per heavy atom. The van der Waals surface area contributed by atoms with Gasteiger partial charge in [-0.2, -0.15) is 0 Å². The van der Waals surface area contributed by atoms with Gasteiger partial charge in [-0.05, 0) is 42.7 Å². The molecule has 1 aliphatic rings. The predicted octanol–water partition coefficient (Wildman–Crippen LogP) is 2.82. The van der Waals surface area contributed by atoms with Crippen molar-refractivity contribution >= 4 is 28.6 Å². The Hall–Kier alpha value is -2.80. The molecular weight excluding hydrogens is 374 g/mol. The smallest absolute Gasteiger partial charge is 0.262 e. The van der Waals surface area contributed by atoms with Crippen LogP contribution in [0.1, 0.15) is 18.4 Å². The largest absolute Gasteiger partial charge is 0.497 e. The number of fused-ring (bicyclic) bond motifs is 1. The number of carbonyl (C=O) groups excluding carboxylic acids is 1. The SMILES string of the molecule is COc1ccc(Cn2c(SCC(=O)NC3CC3)nc3ccccc3c2=O)cc1. The molecule has 6 nitrogen and oxygen atoms in total. The minimum Gasteiger partial charge on any atom is -0.497 e. The molecule has 28 heavy (non-hydrogen) atoms. The number of carbonyl (C=O) groups is 1. The fraction of sp³-hybridized carbons (Fsp3) is 0.286. The Morgan fingerprint density at radius 3 is 2.68 bits per heavy atom. The number of ether oxygens (including phenoxy) is 1. The van der Waals surface area contributed by atoms with Gasteiger partial charge in [0, 0.05) is 6.04 Å². The number of methoxy groups -OCH3 is 1. The normalized spacial score (nSPS) is 13.5. The fourth-order valence-corrected chi connectivity index (χ4v) is 3.75. The number of nitrogens with one attached hydrogen (secondary N) is 1. The van der Waals surface area contributed by atoms with E-state index < -0.39 is 0 Å². The van der Waals surface area contributed by atoms with Crippen molar-refractivity contribution in [1.29, 1.82) is 0 Å². The minimum absolute atomic E-state index is 0.0223. The van der Waals surface area contributed by atoms with Crippen molar-refractivity contribution in [1.82, 2.24) is 14.9 Å². The Kier molecular flexibility index (Phi) is 5.34. The van der Waals surface area contributed by atoms with Gasteiger partial charge in [0.2, 0.25) is 5.91 Å². The van der Waals surface area contributed by atoms with E-state index in [1.165, 1.54) is 11.8 Å². The van der Waals surface area contributed by atoms with Crippen molar-refractivity contribution in [3.63, 3.8) is 0 Å². The Balaban J connectivity index is 1.65. The first kappa shape index (κ1) is 18.6. The summed E-state index contributed by atoms with van der Waals surface area (Å²) in [6, 6.07) is 15.2. The zero-order valence-corrected chi connectivity index (χ0v) is 16.4. The molecule has 0 aliphatic heterocycles. The molecule has 1 aliphatic carbocycles. The van der Waals surface area contributed by atoms with E-state index in [9.17, 15) is 9.59 Å². The van der Waals surface area contributed by atoms with E-state index in [1.807, 2.05) is 42.5 Å². The van der Waals surface area contributed by atoms with Crippen LogP contribution in [0.3, 0.4) is 0 Å². The average Bonchev–Trinajstić information content (AvgIpc) is 3.53. The van der Waals surface area contributed by atoms with Crippen molar-refractivity contribution < 1.29 is 9.53 Å². The topological polar surface area (TPSA) is 73.2 Å². The molecule has 2 aromatic carbocycles. The number of amides is 1. The van der Waals surface area contributed by atoms with Crippen LogP contribution in [0.5, 0.6) is 5.75 Å². The highest BCUT2D eigenvalue weighted by Crippen LogP contribution is 2.22. The third-order valence-electron chi connectivity index (χ3n) is 4.60. The van der Waals surface area contributed by atoms with Crippen LogP contribution in [0.15, 0.2) is 58.5 Å². The number of rotatable bonds is 7. The molecule has 0 atom stereocenters. The molecular formula is C21H21N3O3S. The fourth-order valence-electron chi connectivity index (χ4n) is 2.94. The Bertz CT molecular complexity index is 1060. The Morgan fingerprint density at radius 1 is 1.21 bits per heavy atom. The maximum atomic E-state index is 13.1. The number of benzene rings is 2. The van der Waals surface area contributed by atoms with Crippen LogP contribution >= 0.6 is 11.8 Å². The van der Waals surface area contributed by atoms with Gasteiger partial charge < -0.3 is 10.1 Å². The summed E-state index contributed by atoms with van der Waals surface area (Å²) in [5, 5.41) is 4.09. The first-order valence-corrected chi connectivity index (χ1v) is 10.2. The molecule has 144 valence electrons. The second kappa shape index (κ2) is 8.06. The summed E-state index contributed by atoms with van der Waals surface area (Å²) in [7, 11) is 1.62. The predicted molar refractivity (Wildman–Crippen MR) is 110 cm³/mol. The van der Waals surface area contributed by atoms with E-state index in [1.54, 1.807) is 17.7 Å². The van der Waals surface area contributed by atoms with Gasteiger partial charge in [-0.15, -0.1) is 0 Å². The molecule has 1 N–H and O–H groups in total. The zero-order valence-electron chi connectivity index (χ0n) is 15.6.